The fourth-order valence-electron chi connectivity index (χ4n) is 1.96. The van der Waals surface area contributed by atoms with Crippen molar-refractivity contribution in [3.05, 3.63) is 35.9 Å². The maximum atomic E-state index is 11.1. The number of ether oxygens (including phenoxy) is 1. The fourth-order valence-corrected chi connectivity index (χ4v) is 1.96. The molecule has 3 heteroatoms. The highest BCUT2D eigenvalue weighted by molar-refractivity contribution is 5.75. The maximum Gasteiger partial charge on any atom is 0.410 e. The molecule has 66 valence electrons. The number of hydrogen-bond donors (Lipinski definition) is 0. The van der Waals surface area contributed by atoms with Crippen molar-refractivity contribution >= 4 is 6.09 Å². The lowest BCUT2D eigenvalue weighted by Crippen LogP contribution is -2.07. The normalized spacial score (nSPS) is 29.8. The maximum absolute atomic E-state index is 11.1. The molecule has 2 heterocycles. The topological polar surface area (TPSA) is 29.3 Å². The van der Waals surface area contributed by atoms with Crippen molar-refractivity contribution in [3.63, 3.8) is 0 Å². The van der Waals surface area contributed by atoms with E-state index in [2.05, 4.69) is 12.1 Å². The van der Waals surface area contributed by atoms with Crippen molar-refractivity contribution in [2.75, 3.05) is 6.61 Å². The van der Waals surface area contributed by atoms with Crippen LogP contribution in [0.2, 0.25) is 0 Å². The summed E-state index contributed by atoms with van der Waals surface area (Å²) in [6.07, 6.45) is -0.168. The van der Waals surface area contributed by atoms with Crippen LogP contribution in [0.1, 0.15) is 11.6 Å². The van der Waals surface area contributed by atoms with E-state index in [4.69, 9.17) is 4.74 Å². The number of nitrogens with zero attached hydrogens (tertiary/aromatic N) is 1. The lowest BCUT2D eigenvalue weighted by molar-refractivity contribution is 0.155. The average Bonchev–Trinajstić information content (AvgIpc) is 2.80. The molecule has 0 saturated carbocycles. The lowest BCUT2D eigenvalue weighted by Gasteiger charge is -2.02. The van der Waals surface area contributed by atoms with E-state index in [1.165, 1.54) is 5.56 Å². The van der Waals surface area contributed by atoms with Gasteiger partial charge < -0.3 is 4.74 Å². The number of cyclic esters (lactones) is 1. The Morgan fingerprint density at radius 3 is 2.69 bits per heavy atom. The van der Waals surface area contributed by atoms with E-state index in [0.717, 1.165) is 0 Å². The van der Waals surface area contributed by atoms with Crippen LogP contribution in [0.5, 0.6) is 0 Å². The molecule has 0 spiro atoms. The second kappa shape index (κ2) is 2.25. The Labute approximate surface area is 75.9 Å². The third-order valence-corrected chi connectivity index (χ3v) is 2.66. The smallest absolute Gasteiger partial charge is 0.410 e. The van der Waals surface area contributed by atoms with E-state index >= 15 is 0 Å². The molecule has 1 aromatic carbocycles. The summed E-state index contributed by atoms with van der Waals surface area (Å²) in [7, 11) is 0. The Hall–Kier alpha value is -1.51. The van der Waals surface area contributed by atoms with Crippen LogP contribution in [0.25, 0.3) is 0 Å². The summed E-state index contributed by atoms with van der Waals surface area (Å²) in [5.41, 5.74) is 1.21. The summed E-state index contributed by atoms with van der Waals surface area (Å²) in [6, 6.07) is 10.7. The lowest BCUT2D eigenvalue weighted by atomic mass is 10.1. The quantitative estimate of drug-likeness (QED) is 0.606. The van der Waals surface area contributed by atoms with E-state index in [-0.39, 0.29) is 12.1 Å². The van der Waals surface area contributed by atoms with Gasteiger partial charge in [0, 0.05) is 0 Å². The van der Waals surface area contributed by atoms with E-state index in [1.807, 2.05) is 18.2 Å². The van der Waals surface area contributed by atoms with Gasteiger partial charge >= 0.3 is 6.09 Å². The van der Waals surface area contributed by atoms with Crippen LogP contribution in [0, 0.1) is 0 Å². The van der Waals surface area contributed by atoms with Gasteiger partial charge in [-0.1, -0.05) is 30.3 Å². The molecule has 0 unspecified atom stereocenters. The largest absolute Gasteiger partial charge is 0.447 e. The fraction of sp³-hybridized carbons (Fsp3) is 0.300. The monoisotopic (exact) mass is 175 g/mol. The van der Waals surface area contributed by atoms with Gasteiger partial charge in [-0.25, -0.2) is 4.79 Å². The van der Waals surface area contributed by atoms with E-state index in [1.54, 1.807) is 4.90 Å². The molecule has 1 amide bonds. The van der Waals surface area contributed by atoms with Crippen LogP contribution in [0.3, 0.4) is 0 Å². The number of rotatable bonds is 1. The van der Waals surface area contributed by atoms with Gasteiger partial charge in [0.05, 0.1) is 12.1 Å². The SMILES string of the molecule is O=C1OC[C@H]2[C@H](c3ccccc3)N12. The van der Waals surface area contributed by atoms with Gasteiger partial charge in [0.2, 0.25) is 0 Å². The van der Waals surface area contributed by atoms with Crippen molar-refractivity contribution < 1.29 is 9.53 Å². The third kappa shape index (κ3) is 0.869. The van der Waals surface area contributed by atoms with Crippen LogP contribution in [-0.2, 0) is 4.74 Å². The van der Waals surface area contributed by atoms with Crippen LogP contribution in [0.4, 0.5) is 4.79 Å². The Kier molecular flexibility index (Phi) is 1.20. The standard InChI is InChI=1S/C10H9NO2/c12-10-11-8(6-13-10)9(11)7-4-2-1-3-5-7/h1-5,8-9H,6H2/t8-,9-,11?/m0/s1. The summed E-state index contributed by atoms with van der Waals surface area (Å²) in [5.74, 6) is 0. The molecule has 2 aliphatic rings. The molecule has 2 atom stereocenters. The predicted molar refractivity (Wildman–Crippen MR) is 46.2 cm³/mol. The van der Waals surface area contributed by atoms with Crippen LogP contribution < -0.4 is 0 Å². The Balaban J connectivity index is 1.88. The van der Waals surface area contributed by atoms with Gasteiger partial charge in [0.25, 0.3) is 0 Å². The Bertz CT molecular complexity index is 349. The number of carbonyl (C=O) groups is 1. The second-order valence-electron chi connectivity index (χ2n) is 3.41. The molecule has 0 N–H and O–H groups in total. The number of amides is 1. The first-order valence-corrected chi connectivity index (χ1v) is 4.38. The molecule has 3 rings (SSSR count). The van der Waals surface area contributed by atoms with Crippen molar-refractivity contribution in [2.45, 2.75) is 12.1 Å². The van der Waals surface area contributed by atoms with E-state index < -0.39 is 0 Å². The van der Waals surface area contributed by atoms with E-state index in [9.17, 15) is 4.79 Å². The van der Waals surface area contributed by atoms with Crippen molar-refractivity contribution in [3.8, 4) is 0 Å². The number of carbonyl (C=O) groups excluding carboxylic acids is 1. The molecule has 0 aliphatic carbocycles. The third-order valence-electron chi connectivity index (χ3n) is 2.66. The first-order valence-electron chi connectivity index (χ1n) is 4.38. The van der Waals surface area contributed by atoms with Gasteiger partial charge in [-0.3, -0.25) is 4.90 Å². The minimum absolute atomic E-state index is 0.168. The van der Waals surface area contributed by atoms with Crippen LogP contribution in [0.15, 0.2) is 30.3 Å². The molecule has 0 aromatic heterocycles. The number of fused-ring (bicyclic) bond motifs is 1. The molecular formula is C10H9NO2. The van der Waals surface area contributed by atoms with Crippen LogP contribution in [-0.4, -0.2) is 23.6 Å². The summed E-state index contributed by atoms with van der Waals surface area (Å²) < 4.78 is 4.85. The zero-order valence-corrected chi connectivity index (χ0v) is 7.01. The molecule has 1 aromatic rings. The summed E-state index contributed by atoms with van der Waals surface area (Å²) in [5, 5.41) is 0. The van der Waals surface area contributed by atoms with Crippen molar-refractivity contribution in [1.82, 2.24) is 4.90 Å². The molecule has 2 aliphatic heterocycles. The zero-order valence-electron chi connectivity index (χ0n) is 7.01. The van der Waals surface area contributed by atoms with Gasteiger partial charge in [0.15, 0.2) is 0 Å². The van der Waals surface area contributed by atoms with Gasteiger partial charge in [-0.05, 0) is 5.56 Å². The molecule has 2 saturated heterocycles. The molecule has 3 nitrogen and oxygen atoms in total. The average molecular weight is 175 g/mol. The summed E-state index contributed by atoms with van der Waals surface area (Å²) >= 11 is 0. The van der Waals surface area contributed by atoms with E-state index in [0.29, 0.717) is 12.6 Å². The van der Waals surface area contributed by atoms with Crippen molar-refractivity contribution in [1.29, 1.82) is 0 Å². The minimum atomic E-state index is -0.168. The molecular weight excluding hydrogens is 166 g/mol. The van der Waals surface area contributed by atoms with Gasteiger partial charge in [0.1, 0.15) is 6.61 Å². The Morgan fingerprint density at radius 2 is 2.08 bits per heavy atom. The molecule has 0 radical (unpaired) electrons. The van der Waals surface area contributed by atoms with Gasteiger partial charge in [-0.2, -0.15) is 0 Å². The molecule has 0 bridgehead atoms. The summed E-state index contributed by atoms with van der Waals surface area (Å²) in [6.45, 7) is 0.554. The summed E-state index contributed by atoms with van der Waals surface area (Å²) in [4.78, 5) is 12.9. The predicted octanol–water partition coefficient (Wildman–Crippen LogP) is 1.56. The number of hydrogen-bond acceptors (Lipinski definition) is 2. The zero-order chi connectivity index (χ0) is 8.84. The molecule has 2 fully saturated rings. The first-order chi connectivity index (χ1) is 6.38. The highest BCUT2D eigenvalue weighted by Gasteiger charge is 2.57. The van der Waals surface area contributed by atoms with Crippen molar-refractivity contribution in [2.24, 2.45) is 0 Å². The highest BCUT2D eigenvalue weighted by atomic mass is 16.6. The first kappa shape index (κ1) is 6.95. The number of benzene rings is 1. The minimum Gasteiger partial charge on any atom is -0.447 e. The Morgan fingerprint density at radius 1 is 1.31 bits per heavy atom. The highest BCUT2D eigenvalue weighted by Crippen LogP contribution is 2.46. The molecule has 13 heavy (non-hydrogen) atoms. The second-order valence-corrected chi connectivity index (χ2v) is 3.41. The van der Waals surface area contributed by atoms with Gasteiger partial charge in [-0.15, -0.1) is 0 Å². The van der Waals surface area contributed by atoms with Crippen LogP contribution >= 0.6 is 0 Å².